The molecule has 1 N–H and O–H groups in total. The molecule has 29 heavy (non-hydrogen) atoms. The highest BCUT2D eigenvalue weighted by molar-refractivity contribution is 14.1. The Labute approximate surface area is 196 Å². The number of halogens is 2. The van der Waals surface area contributed by atoms with Crippen LogP contribution in [0.3, 0.4) is 0 Å². The van der Waals surface area contributed by atoms with Gasteiger partial charge in [-0.25, -0.2) is 9.69 Å². The third kappa shape index (κ3) is 4.63. The molecule has 1 fully saturated rings. The molecule has 0 aliphatic carbocycles. The lowest BCUT2D eigenvalue weighted by molar-refractivity contribution is -0.122. The maximum Gasteiger partial charge on any atom is 0.335 e. The first-order chi connectivity index (χ1) is 13.7. The number of anilines is 1. The maximum absolute atomic E-state index is 13.1. The van der Waals surface area contributed by atoms with E-state index in [9.17, 15) is 14.4 Å². The third-order valence-corrected chi connectivity index (χ3v) is 5.79. The van der Waals surface area contributed by atoms with E-state index in [2.05, 4.69) is 50.5 Å². The standard InChI is InChI=1S/C21H18I2N2O4/c1-4-29-18-16(22)9-13(10-17(18)23)8-15-19(26)24-21(28)25(20(15)27)14-6-11(2)5-12(3)7-14/h5-10H,4H2,1-3H3,(H,24,26,28)/b15-8+. The Bertz CT molecular complexity index is 1020. The molecule has 0 spiro atoms. The summed E-state index contributed by atoms with van der Waals surface area (Å²) < 4.78 is 7.37. The Morgan fingerprint density at radius 1 is 1.00 bits per heavy atom. The monoisotopic (exact) mass is 616 g/mol. The number of aryl methyl sites for hydroxylation is 2. The fraction of sp³-hybridized carbons (Fsp3) is 0.190. The van der Waals surface area contributed by atoms with Gasteiger partial charge >= 0.3 is 6.03 Å². The van der Waals surface area contributed by atoms with E-state index >= 15 is 0 Å². The zero-order valence-corrected chi connectivity index (χ0v) is 20.3. The van der Waals surface area contributed by atoms with E-state index in [1.807, 2.05) is 39.0 Å². The Balaban J connectivity index is 2.04. The summed E-state index contributed by atoms with van der Waals surface area (Å²) in [5.41, 5.74) is 2.84. The summed E-state index contributed by atoms with van der Waals surface area (Å²) in [5, 5.41) is 2.26. The van der Waals surface area contributed by atoms with Gasteiger partial charge in [0, 0.05) is 0 Å². The number of benzene rings is 2. The molecule has 0 unspecified atom stereocenters. The van der Waals surface area contributed by atoms with Gasteiger partial charge < -0.3 is 4.74 Å². The summed E-state index contributed by atoms with van der Waals surface area (Å²) in [7, 11) is 0. The molecule has 8 heteroatoms. The normalized spacial score (nSPS) is 15.7. The Hall–Kier alpha value is -1.95. The van der Waals surface area contributed by atoms with Gasteiger partial charge in [0.15, 0.2) is 0 Å². The number of amides is 4. The highest BCUT2D eigenvalue weighted by atomic mass is 127. The lowest BCUT2D eigenvalue weighted by Crippen LogP contribution is -2.54. The minimum Gasteiger partial charge on any atom is -0.492 e. The van der Waals surface area contributed by atoms with Crippen molar-refractivity contribution >= 4 is 74.8 Å². The summed E-state index contributed by atoms with van der Waals surface area (Å²) in [4.78, 5) is 38.8. The van der Waals surface area contributed by atoms with Gasteiger partial charge in [0.05, 0.1) is 19.4 Å². The van der Waals surface area contributed by atoms with Gasteiger partial charge in [0.1, 0.15) is 11.3 Å². The number of nitrogens with zero attached hydrogens (tertiary/aromatic N) is 1. The number of hydrogen-bond acceptors (Lipinski definition) is 4. The Morgan fingerprint density at radius 3 is 2.14 bits per heavy atom. The van der Waals surface area contributed by atoms with Crippen LogP contribution in [0.2, 0.25) is 0 Å². The van der Waals surface area contributed by atoms with Crippen LogP contribution in [-0.2, 0) is 9.59 Å². The molecule has 1 heterocycles. The first-order valence-electron chi connectivity index (χ1n) is 8.83. The van der Waals surface area contributed by atoms with Gasteiger partial charge in [-0.3, -0.25) is 14.9 Å². The van der Waals surface area contributed by atoms with Crippen molar-refractivity contribution in [3.63, 3.8) is 0 Å². The number of rotatable bonds is 4. The molecule has 4 amide bonds. The second-order valence-corrected chi connectivity index (χ2v) is 8.87. The molecule has 3 rings (SSSR count). The Morgan fingerprint density at radius 2 is 1.59 bits per heavy atom. The van der Waals surface area contributed by atoms with Crippen LogP contribution in [0.25, 0.3) is 6.08 Å². The number of nitrogens with one attached hydrogen (secondary N) is 1. The predicted octanol–water partition coefficient (Wildman–Crippen LogP) is 4.58. The lowest BCUT2D eigenvalue weighted by Gasteiger charge is -2.27. The smallest absolute Gasteiger partial charge is 0.335 e. The van der Waals surface area contributed by atoms with Crippen LogP contribution in [-0.4, -0.2) is 24.5 Å². The average Bonchev–Trinajstić information content (AvgIpc) is 2.61. The molecular formula is C21H18I2N2O4. The van der Waals surface area contributed by atoms with Crippen LogP contribution in [0, 0.1) is 21.0 Å². The SMILES string of the molecule is CCOc1c(I)cc(/C=C2\C(=O)NC(=O)N(c3cc(C)cc(C)c3)C2=O)cc1I. The number of urea groups is 1. The summed E-state index contributed by atoms with van der Waals surface area (Å²) in [6, 6.07) is 8.33. The van der Waals surface area contributed by atoms with Crippen molar-refractivity contribution in [2.75, 3.05) is 11.5 Å². The predicted molar refractivity (Wildman–Crippen MR) is 128 cm³/mol. The van der Waals surface area contributed by atoms with Crippen LogP contribution >= 0.6 is 45.2 Å². The van der Waals surface area contributed by atoms with Gasteiger partial charge in [-0.05, 0) is 113 Å². The molecule has 0 aromatic heterocycles. The largest absolute Gasteiger partial charge is 0.492 e. The lowest BCUT2D eigenvalue weighted by atomic mass is 10.1. The molecule has 1 aliphatic heterocycles. The molecule has 6 nitrogen and oxygen atoms in total. The molecule has 1 aliphatic rings. The zero-order valence-electron chi connectivity index (χ0n) is 16.0. The average molecular weight is 616 g/mol. The van der Waals surface area contributed by atoms with Crippen LogP contribution in [0.15, 0.2) is 35.9 Å². The molecule has 0 atom stereocenters. The maximum atomic E-state index is 13.1. The Kier molecular flexibility index (Phi) is 6.62. The molecule has 1 saturated heterocycles. The summed E-state index contributed by atoms with van der Waals surface area (Å²) in [6.45, 7) is 6.22. The van der Waals surface area contributed by atoms with E-state index in [1.54, 1.807) is 12.1 Å². The van der Waals surface area contributed by atoms with Crippen molar-refractivity contribution < 1.29 is 19.1 Å². The van der Waals surface area contributed by atoms with Crippen molar-refractivity contribution in [1.82, 2.24) is 5.32 Å². The van der Waals surface area contributed by atoms with Gasteiger partial charge in [0.25, 0.3) is 11.8 Å². The molecular weight excluding hydrogens is 598 g/mol. The highest BCUT2D eigenvalue weighted by Crippen LogP contribution is 2.30. The molecule has 0 radical (unpaired) electrons. The van der Waals surface area contributed by atoms with Gasteiger partial charge in [-0.15, -0.1) is 0 Å². The van der Waals surface area contributed by atoms with Crippen LogP contribution in [0.1, 0.15) is 23.6 Å². The van der Waals surface area contributed by atoms with Crippen LogP contribution in [0.5, 0.6) is 5.75 Å². The van der Waals surface area contributed by atoms with Gasteiger partial charge in [-0.2, -0.15) is 0 Å². The minimum atomic E-state index is -0.752. The second kappa shape index (κ2) is 8.82. The number of carbonyl (C=O) groups is 3. The van der Waals surface area contributed by atoms with Gasteiger partial charge in [-0.1, -0.05) is 6.07 Å². The van der Waals surface area contributed by atoms with E-state index in [0.717, 1.165) is 28.9 Å². The summed E-state index contributed by atoms with van der Waals surface area (Å²) in [6.07, 6.45) is 1.50. The highest BCUT2D eigenvalue weighted by Gasteiger charge is 2.37. The first kappa shape index (κ1) is 21.8. The molecule has 2 aromatic rings. The summed E-state index contributed by atoms with van der Waals surface area (Å²) in [5.74, 6) is -0.593. The van der Waals surface area contributed by atoms with Crippen molar-refractivity contribution in [3.8, 4) is 5.75 Å². The van der Waals surface area contributed by atoms with Crippen molar-refractivity contribution in [3.05, 3.63) is 59.7 Å². The van der Waals surface area contributed by atoms with Gasteiger partial charge in [0.2, 0.25) is 0 Å². The van der Waals surface area contributed by atoms with E-state index in [-0.39, 0.29) is 5.57 Å². The molecule has 0 saturated carbocycles. The minimum absolute atomic E-state index is 0.0977. The van der Waals surface area contributed by atoms with E-state index in [0.29, 0.717) is 17.9 Å². The number of imide groups is 2. The molecule has 150 valence electrons. The number of barbiturate groups is 1. The van der Waals surface area contributed by atoms with Crippen molar-refractivity contribution in [2.45, 2.75) is 20.8 Å². The number of carbonyl (C=O) groups excluding carboxylic acids is 3. The van der Waals surface area contributed by atoms with E-state index in [4.69, 9.17) is 4.74 Å². The third-order valence-electron chi connectivity index (χ3n) is 4.19. The second-order valence-electron chi connectivity index (χ2n) is 6.55. The fourth-order valence-corrected chi connectivity index (χ4v) is 5.21. The quantitative estimate of drug-likeness (QED) is 0.311. The fourth-order valence-electron chi connectivity index (χ4n) is 3.08. The van der Waals surface area contributed by atoms with E-state index in [1.165, 1.54) is 6.08 Å². The van der Waals surface area contributed by atoms with Crippen molar-refractivity contribution in [2.24, 2.45) is 0 Å². The van der Waals surface area contributed by atoms with Crippen LogP contribution in [0.4, 0.5) is 10.5 Å². The zero-order chi connectivity index (χ0) is 21.3. The number of hydrogen-bond donors (Lipinski definition) is 1. The first-order valence-corrected chi connectivity index (χ1v) is 11.0. The molecule has 0 bridgehead atoms. The van der Waals surface area contributed by atoms with Crippen LogP contribution < -0.4 is 15.0 Å². The number of ether oxygens (including phenoxy) is 1. The van der Waals surface area contributed by atoms with E-state index < -0.39 is 17.8 Å². The van der Waals surface area contributed by atoms with Crippen molar-refractivity contribution in [1.29, 1.82) is 0 Å². The summed E-state index contributed by atoms with van der Waals surface area (Å²) >= 11 is 4.31. The topological polar surface area (TPSA) is 75.7 Å². The molecule has 2 aromatic carbocycles.